The zero-order chi connectivity index (χ0) is 12.1. The molecule has 0 aliphatic heterocycles. The van der Waals surface area contributed by atoms with Gasteiger partial charge in [0.2, 0.25) is 0 Å². The molecule has 17 heavy (non-hydrogen) atoms. The average molecular weight is 250 g/mol. The van der Waals surface area contributed by atoms with Crippen molar-refractivity contribution in [3.8, 4) is 0 Å². The molecule has 0 spiro atoms. The molecule has 2 rings (SSSR count). The van der Waals surface area contributed by atoms with Gasteiger partial charge in [0.05, 0.1) is 12.8 Å². The number of hydrogen-bond donors (Lipinski definition) is 1. The van der Waals surface area contributed by atoms with Crippen LogP contribution < -0.4 is 5.73 Å². The van der Waals surface area contributed by atoms with E-state index in [0.29, 0.717) is 6.54 Å². The van der Waals surface area contributed by atoms with Gasteiger partial charge in [-0.2, -0.15) is 0 Å². The molecule has 2 aromatic heterocycles. The van der Waals surface area contributed by atoms with E-state index in [-0.39, 0.29) is 0 Å². The van der Waals surface area contributed by atoms with Gasteiger partial charge in [0, 0.05) is 23.5 Å². The van der Waals surface area contributed by atoms with Crippen LogP contribution in [0.1, 0.15) is 16.2 Å². The Balaban J connectivity index is 1.83. The summed E-state index contributed by atoms with van der Waals surface area (Å²) in [5, 5.41) is 2.12. The lowest BCUT2D eigenvalue weighted by Crippen LogP contribution is -2.21. The van der Waals surface area contributed by atoms with Gasteiger partial charge in [-0.3, -0.25) is 4.90 Å². The minimum atomic E-state index is 0.546. The van der Waals surface area contributed by atoms with Crippen LogP contribution in [-0.4, -0.2) is 18.5 Å². The van der Waals surface area contributed by atoms with Gasteiger partial charge in [-0.05, 0) is 31.0 Å². The van der Waals surface area contributed by atoms with Crippen molar-refractivity contribution < 1.29 is 4.42 Å². The summed E-state index contributed by atoms with van der Waals surface area (Å²) in [5.41, 5.74) is 6.75. The van der Waals surface area contributed by atoms with Crippen molar-refractivity contribution in [3.05, 3.63) is 46.0 Å². The number of nitrogens with two attached hydrogens (primary N) is 1. The van der Waals surface area contributed by atoms with Crippen molar-refractivity contribution in [3.63, 3.8) is 0 Å². The van der Waals surface area contributed by atoms with E-state index >= 15 is 0 Å². The van der Waals surface area contributed by atoms with Crippen LogP contribution in [0.5, 0.6) is 0 Å². The van der Waals surface area contributed by atoms with Crippen molar-refractivity contribution >= 4 is 11.3 Å². The van der Waals surface area contributed by atoms with Gasteiger partial charge in [0.1, 0.15) is 5.76 Å². The van der Waals surface area contributed by atoms with Crippen molar-refractivity contribution in [1.82, 2.24) is 4.90 Å². The molecule has 0 saturated carbocycles. The van der Waals surface area contributed by atoms with Gasteiger partial charge < -0.3 is 10.2 Å². The van der Waals surface area contributed by atoms with E-state index in [4.69, 9.17) is 10.2 Å². The highest BCUT2D eigenvalue weighted by Gasteiger charge is 2.08. The molecule has 2 heterocycles. The Hall–Kier alpha value is -1.10. The van der Waals surface area contributed by atoms with E-state index in [1.165, 1.54) is 4.88 Å². The second-order valence-electron chi connectivity index (χ2n) is 4.14. The summed E-state index contributed by atoms with van der Waals surface area (Å²) < 4.78 is 5.44. The largest absolute Gasteiger partial charge is 0.468 e. The number of likely N-dealkylation sites (N-methyl/N-ethyl adjacent to an activating group) is 1. The molecule has 3 nitrogen and oxygen atoms in total. The lowest BCUT2D eigenvalue weighted by molar-refractivity contribution is 0.297. The zero-order valence-corrected chi connectivity index (χ0v) is 10.9. The Bertz CT molecular complexity index is 436. The standard InChI is InChI=1S/C13H18N2OS/c1-15(6-4-12-3-2-8-17-12)10-13-11(9-14)5-7-16-13/h2-3,5,7-8H,4,6,9-10,14H2,1H3. The Kier molecular flexibility index (Phi) is 4.36. The quantitative estimate of drug-likeness (QED) is 0.856. The molecular weight excluding hydrogens is 232 g/mol. The maximum atomic E-state index is 5.65. The Labute approximate surface area is 106 Å². The van der Waals surface area contributed by atoms with Gasteiger partial charge in [-0.15, -0.1) is 11.3 Å². The molecule has 0 fully saturated rings. The summed E-state index contributed by atoms with van der Waals surface area (Å²) in [6.07, 6.45) is 2.80. The normalized spacial score (nSPS) is 11.2. The van der Waals surface area contributed by atoms with Crippen molar-refractivity contribution in [2.75, 3.05) is 13.6 Å². The predicted octanol–water partition coefficient (Wildman–Crippen LogP) is 2.47. The fourth-order valence-electron chi connectivity index (χ4n) is 1.77. The third-order valence-electron chi connectivity index (χ3n) is 2.79. The minimum absolute atomic E-state index is 0.546. The van der Waals surface area contributed by atoms with Crippen LogP contribution in [0.3, 0.4) is 0 Å². The lowest BCUT2D eigenvalue weighted by Gasteiger charge is -2.15. The van der Waals surface area contributed by atoms with E-state index in [1.54, 1.807) is 6.26 Å². The Morgan fingerprint density at radius 2 is 2.29 bits per heavy atom. The van der Waals surface area contributed by atoms with E-state index in [0.717, 1.165) is 30.8 Å². The molecule has 0 unspecified atom stereocenters. The SMILES string of the molecule is CN(CCc1cccs1)Cc1occc1CN. The molecule has 0 aliphatic rings. The van der Waals surface area contributed by atoms with Crippen LogP contribution in [0, 0.1) is 0 Å². The van der Waals surface area contributed by atoms with E-state index < -0.39 is 0 Å². The highest BCUT2D eigenvalue weighted by Crippen LogP contribution is 2.13. The van der Waals surface area contributed by atoms with Crippen LogP contribution in [0.25, 0.3) is 0 Å². The van der Waals surface area contributed by atoms with Gasteiger partial charge in [-0.1, -0.05) is 6.07 Å². The van der Waals surface area contributed by atoms with Crippen LogP contribution in [0.15, 0.2) is 34.3 Å². The van der Waals surface area contributed by atoms with Crippen molar-refractivity contribution in [2.24, 2.45) is 5.73 Å². The summed E-state index contributed by atoms with van der Waals surface area (Å²) in [4.78, 5) is 3.69. The fraction of sp³-hybridized carbons (Fsp3) is 0.385. The zero-order valence-electron chi connectivity index (χ0n) is 10.1. The second kappa shape index (κ2) is 6.00. The molecule has 0 amide bonds. The summed E-state index contributed by atoms with van der Waals surface area (Å²) in [7, 11) is 2.11. The fourth-order valence-corrected chi connectivity index (χ4v) is 2.47. The molecule has 0 saturated heterocycles. The summed E-state index contributed by atoms with van der Waals surface area (Å²) in [6.45, 7) is 2.40. The van der Waals surface area contributed by atoms with Gasteiger partial charge in [0.15, 0.2) is 0 Å². The lowest BCUT2D eigenvalue weighted by atomic mass is 10.2. The third kappa shape index (κ3) is 3.43. The number of nitrogens with zero attached hydrogens (tertiary/aromatic N) is 1. The summed E-state index contributed by atoms with van der Waals surface area (Å²) >= 11 is 1.81. The van der Waals surface area contributed by atoms with Crippen LogP contribution >= 0.6 is 11.3 Å². The van der Waals surface area contributed by atoms with E-state index in [2.05, 4.69) is 29.5 Å². The van der Waals surface area contributed by atoms with Crippen LogP contribution in [0.2, 0.25) is 0 Å². The first-order valence-electron chi connectivity index (χ1n) is 5.76. The Morgan fingerprint density at radius 1 is 1.41 bits per heavy atom. The molecule has 2 aromatic rings. The molecular formula is C13H18N2OS. The van der Waals surface area contributed by atoms with Gasteiger partial charge >= 0.3 is 0 Å². The van der Waals surface area contributed by atoms with Crippen LogP contribution in [-0.2, 0) is 19.5 Å². The minimum Gasteiger partial charge on any atom is -0.468 e. The number of furan rings is 1. The predicted molar refractivity (Wildman–Crippen MR) is 71.0 cm³/mol. The molecule has 0 radical (unpaired) electrons. The first-order valence-corrected chi connectivity index (χ1v) is 6.64. The summed E-state index contributed by atoms with van der Waals surface area (Å²) in [5.74, 6) is 0.987. The van der Waals surface area contributed by atoms with Gasteiger partial charge in [0.25, 0.3) is 0 Å². The maximum Gasteiger partial charge on any atom is 0.122 e. The number of rotatable bonds is 6. The highest BCUT2D eigenvalue weighted by atomic mass is 32.1. The van der Waals surface area contributed by atoms with E-state index in [9.17, 15) is 0 Å². The maximum absolute atomic E-state index is 5.65. The monoisotopic (exact) mass is 250 g/mol. The van der Waals surface area contributed by atoms with Crippen molar-refractivity contribution in [1.29, 1.82) is 0 Å². The van der Waals surface area contributed by atoms with Crippen molar-refractivity contribution in [2.45, 2.75) is 19.5 Å². The molecule has 0 bridgehead atoms. The number of thiophene rings is 1. The van der Waals surface area contributed by atoms with Crippen LogP contribution in [0.4, 0.5) is 0 Å². The molecule has 92 valence electrons. The first-order chi connectivity index (χ1) is 8.29. The summed E-state index contributed by atoms with van der Waals surface area (Å²) in [6, 6.07) is 6.22. The molecule has 0 aliphatic carbocycles. The van der Waals surface area contributed by atoms with E-state index in [1.807, 2.05) is 17.4 Å². The number of hydrogen-bond acceptors (Lipinski definition) is 4. The molecule has 2 N–H and O–H groups in total. The first kappa shape index (κ1) is 12.4. The average Bonchev–Trinajstić information content (AvgIpc) is 2.97. The third-order valence-corrected chi connectivity index (χ3v) is 3.73. The molecule has 4 heteroatoms. The Morgan fingerprint density at radius 3 is 3.00 bits per heavy atom. The molecule has 0 aromatic carbocycles. The highest BCUT2D eigenvalue weighted by molar-refractivity contribution is 7.09. The smallest absolute Gasteiger partial charge is 0.122 e. The topological polar surface area (TPSA) is 42.4 Å². The second-order valence-corrected chi connectivity index (χ2v) is 5.17. The van der Waals surface area contributed by atoms with Gasteiger partial charge in [-0.25, -0.2) is 0 Å². The molecule has 0 atom stereocenters.